The number of hydrogen-bond acceptors (Lipinski definition) is 4. The number of nitrogens with zero attached hydrogens (tertiary/aromatic N) is 4. The summed E-state index contributed by atoms with van der Waals surface area (Å²) in [6.45, 7) is 0. The van der Waals surface area contributed by atoms with Crippen molar-refractivity contribution in [2.45, 2.75) is 31.0 Å². The van der Waals surface area contributed by atoms with Crippen LogP contribution in [0.15, 0.2) is 42.6 Å². The Kier molecular flexibility index (Phi) is 5.57. The molecule has 3 rings (SSSR count). The first-order valence-electron chi connectivity index (χ1n) is 8.80. The highest BCUT2D eigenvalue weighted by molar-refractivity contribution is 7.80. The van der Waals surface area contributed by atoms with Crippen molar-refractivity contribution < 1.29 is 18.0 Å². The summed E-state index contributed by atoms with van der Waals surface area (Å²) in [5.74, 6) is 0. The summed E-state index contributed by atoms with van der Waals surface area (Å²) in [4.78, 5) is 18.6. The summed E-state index contributed by atoms with van der Waals surface area (Å²) in [5, 5.41) is 9.11. The molecule has 0 radical (unpaired) electrons. The molecule has 0 amide bonds. The molecule has 0 atom stereocenters. The van der Waals surface area contributed by atoms with Crippen LogP contribution < -0.4 is 9.80 Å². The van der Waals surface area contributed by atoms with Crippen LogP contribution in [-0.4, -0.2) is 29.0 Å². The van der Waals surface area contributed by atoms with Gasteiger partial charge in [-0.1, -0.05) is 18.2 Å². The Morgan fingerprint density at radius 1 is 1.28 bits per heavy atom. The SMILES string of the molecule is CN(C(=S)N(c1ccccc1)C1(C=O)CCC1)c1cnc(C#N)c(C(F)(F)F)c1. The standard InChI is InChI=1S/C20H17F3N4OS/c1-26(15-10-16(20(21,22)23)17(11-24)25-12-15)18(29)27(14-6-3-2-4-7-14)19(13-28)8-5-9-19/h2-4,6-7,10,12-13H,5,8-9H2,1H3. The van der Waals surface area contributed by atoms with Crippen LogP contribution in [0, 0.1) is 11.3 Å². The molecule has 5 nitrogen and oxygen atoms in total. The fraction of sp³-hybridized carbons (Fsp3) is 0.300. The number of rotatable bonds is 4. The van der Waals surface area contributed by atoms with Crippen molar-refractivity contribution in [3.8, 4) is 6.07 Å². The minimum Gasteiger partial charge on any atom is -0.320 e. The van der Waals surface area contributed by atoms with Gasteiger partial charge >= 0.3 is 6.18 Å². The quantitative estimate of drug-likeness (QED) is 0.544. The van der Waals surface area contributed by atoms with Crippen LogP contribution in [0.3, 0.4) is 0 Å². The Hall–Kier alpha value is -2.99. The van der Waals surface area contributed by atoms with Crippen molar-refractivity contribution in [1.82, 2.24) is 4.98 Å². The topological polar surface area (TPSA) is 60.2 Å². The summed E-state index contributed by atoms with van der Waals surface area (Å²) in [7, 11) is 1.51. The molecule has 1 saturated carbocycles. The highest BCUT2D eigenvalue weighted by Crippen LogP contribution is 2.40. The van der Waals surface area contributed by atoms with Gasteiger partial charge in [0.2, 0.25) is 0 Å². The van der Waals surface area contributed by atoms with Gasteiger partial charge in [-0.25, -0.2) is 4.98 Å². The van der Waals surface area contributed by atoms with Crippen molar-refractivity contribution in [1.29, 1.82) is 5.26 Å². The lowest BCUT2D eigenvalue weighted by molar-refractivity contribution is -0.138. The van der Waals surface area contributed by atoms with E-state index in [1.807, 2.05) is 6.07 Å². The van der Waals surface area contributed by atoms with Gasteiger partial charge in [-0.2, -0.15) is 18.4 Å². The number of pyridine rings is 1. The van der Waals surface area contributed by atoms with Crippen LogP contribution in [0.1, 0.15) is 30.5 Å². The van der Waals surface area contributed by atoms with Crippen LogP contribution >= 0.6 is 12.2 Å². The Bertz CT molecular complexity index is 968. The van der Waals surface area contributed by atoms with Gasteiger partial charge in [0.1, 0.15) is 17.9 Å². The largest absolute Gasteiger partial charge is 0.419 e. The third kappa shape index (κ3) is 3.80. The fourth-order valence-electron chi connectivity index (χ4n) is 3.27. The molecule has 0 aliphatic heterocycles. The minimum absolute atomic E-state index is 0.0719. The van der Waals surface area contributed by atoms with Crippen molar-refractivity contribution in [2.24, 2.45) is 0 Å². The van der Waals surface area contributed by atoms with Crippen molar-refractivity contribution >= 4 is 35.0 Å². The summed E-state index contributed by atoms with van der Waals surface area (Å²) >= 11 is 5.59. The van der Waals surface area contributed by atoms with Crippen LogP contribution in [0.5, 0.6) is 0 Å². The molecule has 0 N–H and O–H groups in total. The Balaban J connectivity index is 2.03. The van der Waals surface area contributed by atoms with E-state index in [9.17, 15) is 18.0 Å². The molecule has 0 unspecified atom stereocenters. The lowest BCUT2D eigenvalue weighted by Gasteiger charge is -2.48. The molecule has 1 fully saturated rings. The lowest BCUT2D eigenvalue weighted by atomic mass is 9.76. The third-order valence-electron chi connectivity index (χ3n) is 5.05. The zero-order valence-electron chi connectivity index (χ0n) is 15.5. The number of alkyl halides is 3. The predicted molar refractivity (Wildman–Crippen MR) is 107 cm³/mol. The first-order chi connectivity index (χ1) is 13.7. The predicted octanol–water partition coefficient (Wildman–Crippen LogP) is 4.32. The molecular formula is C20H17F3N4OS. The van der Waals surface area contributed by atoms with Gasteiger partial charge in [0, 0.05) is 12.7 Å². The second-order valence-electron chi connectivity index (χ2n) is 6.79. The fourth-order valence-corrected chi connectivity index (χ4v) is 3.66. The number of benzene rings is 1. The number of nitriles is 1. The van der Waals surface area contributed by atoms with Gasteiger partial charge in [-0.05, 0) is 49.7 Å². The molecule has 9 heteroatoms. The zero-order valence-corrected chi connectivity index (χ0v) is 16.3. The van der Waals surface area contributed by atoms with E-state index in [4.69, 9.17) is 17.5 Å². The molecule has 2 aromatic rings. The average molecular weight is 418 g/mol. The van der Waals surface area contributed by atoms with E-state index in [0.717, 1.165) is 25.0 Å². The smallest absolute Gasteiger partial charge is 0.320 e. The van der Waals surface area contributed by atoms with Gasteiger partial charge in [0.05, 0.1) is 17.4 Å². The number of carbonyl (C=O) groups is 1. The molecule has 1 aliphatic rings. The Morgan fingerprint density at radius 2 is 1.93 bits per heavy atom. The van der Waals surface area contributed by atoms with Crippen molar-refractivity contribution in [3.05, 3.63) is 53.9 Å². The molecule has 0 spiro atoms. The number of para-hydroxylation sites is 1. The number of hydrogen-bond donors (Lipinski definition) is 0. The van der Waals surface area contributed by atoms with Gasteiger partial charge in [0.25, 0.3) is 0 Å². The number of halogens is 3. The molecule has 1 heterocycles. The molecule has 0 saturated heterocycles. The third-order valence-corrected chi connectivity index (χ3v) is 5.50. The summed E-state index contributed by atoms with van der Waals surface area (Å²) in [6, 6.07) is 11.3. The number of thiocarbonyl (C=S) groups is 1. The number of aldehydes is 1. The van der Waals surface area contributed by atoms with Crippen LogP contribution in [-0.2, 0) is 11.0 Å². The van der Waals surface area contributed by atoms with Gasteiger partial charge in [-0.15, -0.1) is 0 Å². The van der Waals surface area contributed by atoms with Gasteiger partial charge in [-0.3, -0.25) is 0 Å². The van der Waals surface area contributed by atoms with Crippen molar-refractivity contribution in [2.75, 3.05) is 16.8 Å². The lowest BCUT2D eigenvalue weighted by Crippen LogP contribution is -2.60. The van der Waals surface area contributed by atoms with Crippen molar-refractivity contribution in [3.63, 3.8) is 0 Å². The van der Waals surface area contributed by atoms with E-state index in [1.54, 1.807) is 29.2 Å². The Morgan fingerprint density at radius 3 is 2.41 bits per heavy atom. The normalized spacial score (nSPS) is 15.0. The maximum atomic E-state index is 13.3. The van der Waals surface area contributed by atoms with E-state index >= 15 is 0 Å². The summed E-state index contributed by atoms with van der Waals surface area (Å²) in [5.41, 5.74) is -1.92. The summed E-state index contributed by atoms with van der Waals surface area (Å²) < 4.78 is 39.9. The van der Waals surface area contributed by atoms with E-state index in [-0.39, 0.29) is 10.8 Å². The first kappa shape index (κ1) is 20.7. The Labute approximate surface area is 171 Å². The highest BCUT2D eigenvalue weighted by Gasteiger charge is 2.45. The van der Waals surface area contributed by atoms with E-state index in [0.29, 0.717) is 18.5 Å². The van der Waals surface area contributed by atoms with Gasteiger partial charge in [0.15, 0.2) is 10.8 Å². The molecule has 150 valence electrons. The zero-order chi connectivity index (χ0) is 21.2. The van der Waals surface area contributed by atoms with Crippen LogP contribution in [0.4, 0.5) is 24.5 Å². The maximum absolute atomic E-state index is 13.3. The summed E-state index contributed by atoms with van der Waals surface area (Å²) in [6.07, 6.45) is -0.671. The number of carbonyl (C=O) groups excluding carboxylic acids is 1. The highest BCUT2D eigenvalue weighted by atomic mass is 32.1. The molecule has 1 aromatic heterocycles. The van der Waals surface area contributed by atoms with E-state index in [1.165, 1.54) is 18.0 Å². The first-order valence-corrected chi connectivity index (χ1v) is 9.21. The molecule has 1 aliphatic carbocycles. The van der Waals surface area contributed by atoms with Crippen LogP contribution in [0.2, 0.25) is 0 Å². The molecule has 1 aromatic carbocycles. The van der Waals surface area contributed by atoms with E-state index < -0.39 is 23.0 Å². The second kappa shape index (κ2) is 7.79. The number of anilines is 2. The monoisotopic (exact) mass is 418 g/mol. The van der Waals surface area contributed by atoms with E-state index in [2.05, 4.69) is 4.98 Å². The minimum atomic E-state index is -4.73. The van der Waals surface area contributed by atoms with Crippen LogP contribution in [0.25, 0.3) is 0 Å². The number of aromatic nitrogens is 1. The maximum Gasteiger partial charge on any atom is 0.419 e. The average Bonchev–Trinajstić information content (AvgIpc) is 2.69. The molecule has 29 heavy (non-hydrogen) atoms. The molecular weight excluding hydrogens is 401 g/mol. The second-order valence-corrected chi connectivity index (χ2v) is 7.15. The molecule has 0 bridgehead atoms. The van der Waals surface area contributed by atoms with Gasteiger partial charge < -0.3 is 14.6 Å².